The van der Waals surface area contributed by atoms with Crippen LogP contribution in [0.15, 0.2) is 35.1 Å². The minimum absolute atomic E-state index is 0.0277. The summed E-state index contributed by atoms with van der Waals surface area (Å²) in [5, 5.41) is 11.5. The van der Waals surface area contributed by atoms with Crippen molar-refractivity contribution in [1.29, 1.82) is 0 Å². The molecule has 1 aromatic heterocycles. The Morgan fingerprint density at radius 2 is 1.96 bits per heavy atom. The molecule has 0 fully saturated rings. The molecule has 0 aliphatic heterocycles. The number of carboxylic acids is 1. The molecule has 1 amide bonds. The molecule has 2 N–H and O–H groups in total. The molecular weight excluding hydrogens is 357 g/mol. The molecule has 0 aliphatic rings. The zero-order valence-electron chi connectivity index (χ0n) is 13.5. The molecule has 2 rings (SSSR count). The molecule has 10 heteroatoms. The second-order valence-corrected chi connectivity index (χ2v) is 5.22. The van der Waals surface area contributed by atoms with Crippen LogP contribution in [0.5, 0.6) is 5.75 Å². The van der Waals surface area contributed by atoms with Crippen molar-refractivity contribution in [2.75, 3.05) is 0 Å². The molecule has 1 heterocycles. The lowest BCUT2D eigenvalue weighted by atomic mass is 10.0. The van der Waals surface area contributed by atoms with Crippen LogP contribution in [-0.2, 0) is 11.2 Å². The van der Waals surface area contributed by atoms with Gasteiger partial charge in [0.05, 0.1) is 12.5 Å². The van der Waals surface area contributed by atoms with E-state index in [4.69, 9.17) is 9.52 Å². The number of aliphatic carboxylic acids is 1. The summed E-state index contributed by atoms with van der Waals surface area (Å²) in [5.74, 6) is -1.95. The van der Waals surface area contributed by atoms with Gasteiger partial charge in [0.1, 0.15) is 11.5 Å². The van der Waals surface area contributed by atoms with Crippen LogP contribution < -0.4 is 10.1 Å². The third kappa shape index (κ3) is 5.23. The normalized spacial score (nSPS) is 12.5. The molecule has 0 bridgehead atoms. The van der Waals surface area contributed by atoms with Crippen molar-refractivity contribution in [2.45, 2.75) is 32.2 Å². The number of carbonyl (C=O) groups excluding carboxylic acids is 1. The second-order valence-electron chi connectivity index (χ2n) is 5.22. The van der Waals surface area contributed by atoms with Crippen molar-refractivity contribution in [3.63, 3.8) is 0 Å². The quantitative estimate of drug-likeness (QED) is 0.775. The number of ether oxygens (including phenoxy) is 1. The summed E-state index contributed by atoms with van der Waals surface area (Å²) < 4.78 is 45.4. The predicted molar refractivity (Wildman–Crippen MR) is 81.5 cm³/mol. The van der Waals surface area contributed by atoms with Gasteiger partial charge in [0, 0.05) is 6.42 Å². The van der Waals surface area contributed by atoms with Gasteiger partial charge in [-0.3, -0.25) is 9.59 Å². The van der Waals surface area contributed by atoms with E-state index in [0.717, 1.165) is 18.5 Å². The van der Waals surface area contributed by atoms with Crippen molar-refractivity contribution >= 4 is 11.9 Å². The smallest absolute Gasteiger partial charge is 0.481 e. The molecular formula is C16H15F3N2O5. The summed E-state index contributed by atoms with van der Waals surface area (Å²) in [6.07, 6.45) is -3.79. The van der Waals surface area contributed by atoms with Crippen LogP contribution in [0.25, 0.3) is 0 Å². The van der Waals surface area contributed by atoms with E-state index in [1.54, 1.807) is 6.92 Å². The summed E-state index contributed by atoms with van der Waals surface area (Å²) in [6.45, 7) is 1.76. The van der Waals surface area contributed by atoms with Crippen molar-refractivity contribution in [3.8, 4) is 5.75 Å². The maximum Gasteiger partial charge on any atom is 0.573 e. The Morgan fingerprint density at radius 1 is 1.31 bits per heavy atom. The Labute approximate surface area is 145 Å². The first-order valence-corrected chi connectivity index (χ1v) is 7.50. The van der Waals surface area contributed by atoms with Crippen LogP contribution in [0.2, 0.25) is 0 Å². The molecule has 0 saturated heterocycles. The van der Waals surface area contributed by atoms with Crippen molar-refractivity contribution in [3.05, 3.63) is 47.7 Å². The standard InChI is InChI=1S/C16H15F3N2O5/c1-2-12-14(20-8-25-12)15(24)21-11(7-13(22)23)9-3-5-10(6-4-9)26-16(17,18)19/h3-6,8,11H,2,7H2,1H3,(H,21,24)(H,22,23). The van der Waals surface area contributed by atoms with Gasteiger partial charge in [-0.1, -0.05) is 19.1 Å². The molecule has 1 aromatic carbocycles. The molecule has 0 saturated carbocycles. The van der Waals surface area contributed by atoms with Gasteiger partial charge in [0.25, 0.3) is 5.91 Å². The number of carbonyl (C=O) groups is 2. The Balaban J connectivity index is 2.19. The van der Waals surface area contributed by atoms with E-state index in [1.807, 2.05) is 0 Å². The predicted octanol–water partition coefficient (Wildman–Crippen LogP) is 3.08. The molecule has 1 unspecified atom stereocenters. The fourth-order valence-electron chi connectivity index (χ4n) is 2.26. The Kier molecular flexibility index (Phi) is 5.86. The van der Waals surface area contributed by atoms with Crippen LogP contribution >= 0.6 is 0 Å². The molecule has 1 atom stereocenters. The first-order valence-electron chi connectivity index (χ1n) is 7.50. The lowest BCUT2D eigenvalue weighted by molar-refractivity contribution is -0.274. The Hall–Kier alpha value is -3.04. The number of nitrogens with one attached hydrogen (secondary N) is 1. The minimum Gasteiger partial charge on any atom is -0.481 e. The van der Waals surface area contributed by atoms with Gasteiger partial charge in [-0.05, 0) is 17.7 Å². The number of alkyl halides is 3. The zero-order valence-corrected chi connectivity index (χ0v) is 13.5. The van der Waals surface area contributed by atoms with Crippen LogP contribution in [-0.4, -0.2) is 28.3 Å². The fraction of sp³-hybridized carbons (Fsp3) is 0.312. The number of aromatic nitrogens is 1. The SMILES string of the molecule is CCc1ocnc1C(=O)NC(CC(=O)O)c1ccc(OC(F)(F)F)cc1. The van der Waals surface area contributed by atoms with Crippen LogP contribution in [0.1, 0.15) is 41.2 Å². The third-order valence-corrected chi connectivity index (χ3v) is 3.38. The number of hydrogen-bond acceptors (Lipinski definition) is 5. The van der Waals surface area contributed by atoms with Crippen LogP contribution in [0, 0.1) is 0 Å². The lowest BCUT2D eigenvalue weighted by Crippen LogP contribution is -2.31. The van der Waals surface area contributed by atoms with E-state index in [-0.39, 0.29) is 5.69 Å². The maximum absolute atomic E-state index is 12.3. The fourth-order valence-corrected chi connectivity index (χ4v) is 2.26. The maximum atomic E-state index is 12.3. The number of carboxylic acid groups (broad SMARTS) is 1. The van der Waals surface area contributed by atoms with Crippen LogP contribution in [0.4, 0.5) is 13.2 Å². The number of hydrogen-bond donors (Lipinski definition) is 2. The van der Waals surface area contributed by atoms with E-state index in [9.17, 15) is 22.8 Å². The average Bonchev–Trinajstić information content (AvgIpc) is 3.01. The Bertz CT molecular complexity index is 771. The zero-order chi connectivity index (χ0) is 19.3. The topological polar surface area (TPSA) is 102 Å². The van der Waals surface area contributed by atoms with Crippen LogP contribution in [0.3, 0.4) is 0 Å². The second kappa shape index (κ2) is 7.89. The van der Waals surface area contributed by atoms with Gasteiger partial charge in [-0.25, -0.2) is 4.98 Å². The highest BCUT2D eigenvalue weighted by atomic mass is 19.4. The summed E-state index contributed by atoms with van der Waals surface area (Å²) >= 11 is 0. The molecule has 26 heavy (non-hydrogen) atoms. The largest absolute Gasteiger partial charge is 0.573 e. The van der Waals surface area contributed by atoms with E-state index in [0.29, 0.717) is 17.7 Å². The first-order chi connectivity index (χ1) is 12.2. The molecule has 140 valence electrons. The molecule has 0 radical (unpaired) electrons. The monoisotopic (exact) mass is 372 g/mol. The number of benzene rings is 1. The average molecular weight is 372 g/mol. The van der Waals surface area contributed by atoms with Crippen molar-refractivity contribution < 1.29 is 37.0 Å². The lowest BCUT2D eigenvalue weighted by Gasteiger charge is -2.18. The highest BCUT2D eigenvalue weighted by Crippen LogP contribution is 2.25. The minimum atomic E-state index is -4.83. The number of halogens is 3. The van der Waals surface area contributed by atoms with E-state index in [2.05, 4.69) is 15.0 Å². The molecule has 2 aromatic rings. The summed E-state index contributed by atoms with van der Waals surface area (Å²) in [7, 11) is 0. The Morgan fingerprint density at radius 3 is 2.50 bits per heavy atom. The van der Waals surface area contributed by atoms with Gasteiger partial charge in [0.15, 0.2) is 12.1 Å². The number of rotatable bonds is 7. The van der Waals surface area contributed by atoms with Gasteiger partial charge in [0.2, 0.25) is 0 Å². The highest BCUT2D eigenvalue weighted by molar-refractivity contribution is 5.93. The summed E-state index contributed by atoms with van der Waals surface area (Å²) in [6, 6.07) is 3.60. The van der Waals surface area contributed by atoms with Crippen molar-refractivity contribution in [1.82, 2.24) is 10.3 Å². The van der Waals surface area contributed by atoms with E-state index < -0.39 is 36.5 Å². The molecule has 0 spiro atoms. The molecule has 0 aliphatic carbocycles. The van der Waals surface area contributed by atoms with Gasteiger partial charge >= 0.3 is 12.3 Å². The first kappa shape index (κ1) is 19.3. The van der Waals surface area contributed by atoms with E-state index in [1.165, 1.54) is 12.1 Å². The van der Waals surface area contributed by atoms with Crippen molar-refractivity contribution in [2.24, 2.45) is 0 Å². The number of amides is 1. The highest BCUT2D eigenvalue weighted by Gasteiger charge is 2.31. The van der Waals surface area contributed by atoms with E-state index >= 15 is 0 Å². The number of nitrogens with zero attached hydrogens (tertiary/aromatic N) is 1. The summed E-state index contributed by atoms with van der Waals surface area (Å²) in [5.41, 5.74) is 0.330. The third-order valence-electron chi connectivity index (χ3n) is 3.38. The number of aryl methyl sites for hydroxylation is 1. The van der Waals surface area contributed by atoms with Gasteiger partial charge < -0.3 is 19.6 Å². The molecule has 7 nitrogen and oxygen atoms in total. The number of oxazole rings is 1. The van der Waals surface area contributed by atoms with Gasteiger partial charge in [-0.15, -0.1) is 13.2 Å². The summed E-state index contributed by atoms with van der Waals surface area (Å²) in [4.78, 5) is 27.2. The van der Waals surface area contributed by atoms with Gasteiger partial charge in [-0.2, -0.15) is 0 Å².